The molecule has 0 aliphatic rings. The van der Waals surface area contributed by atoms with Crippen LogP contribution in [0.3, 0.4) is 0 Å². The first-order valence-electron chi connectivity index (χ1n) is 6.59. The number of rotatable bonds is 4. The van der Waals surface area contributed by atoms with Crippen LogP contribution in [0.5, 0.6) is 0 Å². The number of ketones is 1. The van der Waals surface area contributed by atoms with Crippen molar-refractivity contribution in [2.75, 3.05) is 6.54 Å². The smallest absolute Gasteiger partial charge is 0.176 e. The van der Waals surface area contributed by atoms with Crippen LogP contribution in [0.4, 0.5) is 0 Å². The van der Waals surface area contributed by atoms with E-state index in [1.54, 1.807) is 30.5 Å². The first kappa shape index (κ1) is 16.1. The molecule has 1 aromatic heterocycles. The van der Waals surface area contributed by atoms with Gasteiger partial charge < -0.3 is 9.73 Å². The Bertz CT molecular complexity index is 620. The molecule has 3 nitrogen and oxygen atoms in total. The van der Waals surface area contributed by atoms with Crippen LogP contribution < -0.4 is 5.32 Å². The average Bonchev–Trinajstić information content (AvgIpc) is 2.87. The third kappa shape index (κ3) is 4.10. The summed E-state index contributed by atoms with van der Waals surface area (Å²) in [6.07, 6.45) is 1.55. The summed E-state index contributed by atoms with van der Waals surface area (Å²) in [5.74, 6) is 0.525. The molecule has 0 fully saturated rings. The van der Waals surface area contributed by atoms with Gasteiger partial charge in [0, 0.05) is 11.1 Å². The number of benzene rings is 1. The molecule has 1 N–H and O–H groups in total. The molecule has 0 amide bonds. The normalized spacial score (nSPS) is 11.7. The minimum Gasteiger partial charge on any atom is -0.464 e. The highest BCUT2D eigenvalue weighted by Crippen LogP contribution is 2.36. The summed E-state index contributed by atoms with van der Waals surface area (Å²) >= 11 is 12.5. The minimum atomic E-state index is -0.128. The monoisotopic (exact) mass is 325 g/mol. The first-order chi connectivity index (χ1) is 9.78. The quantitative estimate of drug-likeness (QED) is 0.819. The Morgan fingerprint density at radius 3 is 2.33 bits per heavy atom. The van der Waals surface area contributed by atoms with Crippen molar-refractivity contribution in [3.05, 3.63) is 46.1 Å². The minimum absolute atomic E-state index is 0.0558. The van der Waals surface area contributed by atoms with Gasteiger partial charge >= 0.3 is 0 Å². The second-order valence-electron chi connectivity index (χ2n) is 5.82. The Balaban J connectivity index is 2.26. The predicted octanol–water partition coefficient (Wildman–Crippen LogP) is 4.82. The van der Waals surface area contributed by atoms with E-state index < -0.39 is 0 Å². The third-order valence-electron chi connectivity index (χ3n) is 2.91. The molecule has 1 heterocycles. The van der Waals surface area contributed by atoms with E-state index in [2.05, 4.69) is 5.32 Å². The maximum absolute atomic E-state index is 12.2. The van der Waals surface area contributed by atoms with E-state index in [0.717, 1.165) is 0 Å². The van der Waals surface area contributed by atoms with Crippen molar-refractivity contribution < 1.29 is 9.21 Å². The summed E-state index contributed by atoms with van der Waals surface area (Å²) < 4.78 is 5.31. The molecule has 0 aliphatic carbocycles. The van der Waals surface area contributed by atoms with Gasteiger partial charge in [-0.15, -0.1) is 0 Å². The molecule has 0 spiro atoms. The summed E-state index contributed by atoms with van der Waals surface area (Å²) in [5, 5.41) is 3.95. The van der Waals surface area contributed by atoms with Crippen LogP contribution in [0.25, 0.3) is 11.3 Å². The van der Waals surface area contributed by atoms with Crippen molar-refractivity contribution >= 4 is 29.0 Å². The standard InChI is InChI=1S/C16H17Cl2NO2/c1-16(2,3)19-9-13(20)10-7-11(17)15(12(18)8-10)14-5-4-6-21-14/h4-8,19H,9H2,1-3H3. The Kier molecular flexibility index (Phi) is 4.77. The highest BCUT2D eigenvalue weighted by molar-refractivity contribution is 6.39. The first-order valence-corrected chi connectivity index (χ1v) is 7.34. The highest BCUT2D eigenvalue weighted by atomic mass is 35.5. The van der Waals surface area contributed by atoms with Gasteiger partial charge in [0.15, 0.2) is 5.78 Å². The van der Waals surface area contributed by atoms with Crippen molar-refractivity contribution in [1.29, 1.82) is 0 Å². The molecule has 2 rings (SSSR count). The van der Waals surface area contributed by atoms with Gasteiger partial charge in [-0.25, -0.2) is 0 Å². The van der Waals surface area contributed by atoms with Crippen LogP contribution in [0.2, 0.25) is 10.0 Å². The lowest BCUT2D eigenvalue weighted by atomic mass is 10.0. The summed E-state index contributed by atoms with van der Waals surface area (Å²) in [6.45, 7) is 6.23. The Hall–Kier alpha value is -1.29. The number of carbonyl (C=O) groups excluding carboxylic acids is 1. The summed E-state index contributed by atoms with van der Waals surface area (Å²) in [6, 6.07) is 6.78. The van der Waals surface area contributed by atoms with E-state index in [4.69, 9.17) is 27.6 Å². The van der Waals surface area contributed by atoms with E-state index in [1.165, 1.54) is 0 Å². The Labute approximate surface area is 134 Å². The number of furan rings is 1. The number of halogens is 2. The van der Waals surface area contributed by atoms with Crippen molar-refractivity contribution in [2.45, 2.75) is 26.3 Å². The summed E-state index contributed by atoms with van der Waals surface area (Å²) in [5.41, 5.74) is 0.956. The van der Waals surface area contributed by atoms with Crippen molar-refractivity contribution in [2.24, 2.45) is 0 Å². The van der Waals surface area contributed by atoms with Crippen molar-refractivity contribution in [3.63, 3.8) is 0 Å². The van der Waals surface area contributed by atoms with Crippen LogP contribution >= 0.6 is 23.2 Å². The zero-order valence-corrected chi connectivity index (χ0v) is 13.7. The average molecular weight is 326 g/mol. The van der Waals surface area contributed by atoms with E-state index in [1.807, 2.05) is 20.8 Å². The lowest BCUT2D eigenvalue weighted by Crippen LogP contribution is -2.39. The molecule has 0 radical (unpaired) electrons. The lowest BCUT2D eigenvalue weighted by Gasteiger charge is -2.20. The number of carbonyl (C=O) groups is 1. The topological polar surface area (TPSA) is 42.2 Å². The van der Waals surface area contributed by atoms with Crippen molar-refractivity contribution in [3.8, 4) is 11.3 Å². The molecule has 0 aliphatic heterocycles. The van der Waals surface area contributed by atoms with Gasteiger partial charge in [0.25, 0.3) is 0 Å². The van der Waals surface area contributed by atoms with Crippen LogP contribution in [-0.2, 0) is 0 Å². The van der Waals surface area contributed by atoms with Crippen LogP contribution in [0.1, 0.15) is 31.1 Å². The third-order valence-corrected chi connectivity index (χ3v) is 3.51. The maximum Gasteiger partial charge on any atom is 0.176 e. The molecule has 1 aromatic carbocycles. The SMILES string of the molecule is CC(C)(C)NCC(=O)c1cc(Cl)c(-c2ccco2)c(Cl)c1. The predicted molar refractivity (Wildman–Crippen MR) is 86.3 cm³/mol. The largest absolute Gasteiger partial charge is 0.464 e. The molecular weight excluding hydrogens is 309 g/mol. The molecule has 0 saturated heterocycles. The fraction of sp³-hybridized carbons (Fsp3) is 0.312. The fourth-order valence-corrected chi connectivity index (χ4v) is 2.51. The summed E-state index contributed by atoms with van der Waals surface area (Å²) in [7, 11) is 0. The molecule has 0 bridgehead atoms. The second-order valence-corrected chi connectivity index (χ2v) is 6.63. The van der Waals surface area contributed by atoms with E-state index in [9.17, 15) is 4.79 Å². The van der Waals surface area contributed by atoms with Gasteiger partial charge in [-0.3, -0.25) is 4.79 Å². The zero-order valence-electron chi connectivity index (χ0n) is 12.2. The lowest BCUT2D eigenvalue weighted by molar-refractivity contribution is 0.0982. The fourth-order valence-electron chi connectivity index (χ4n) is 1.84. The number of hydrogen-bond donors (Lipinski definition) is 1. The Morgan fingerprint density at radius 1 is 1.24 bits per heavy atom. The highest BCUT2D eigenvalue weighted by Gasteiger charge is 2.17. The van der Waals surface area contributed by atoms with E-state index in [0.29, 0.717) is 26.9 Å². The van der Waals surface area contributed by atoms with E-state index >= 15 is 0 Å². The number of nitrogens with one attached hydrogen (secondary N) is 1. The van der Waals surface area contributed by atoms with Gasteiger partial charge in [-0.05, 0) is 45.0 Å². The maximum atomic E-state index is 12.2. The van der Waals surface area contributed by atoms with Gasteiger partial charge in [0.2, 0.25) is 0 Å². The second kappa shape index (κ2) is 6.22. The summed E-state index contributed by atoms with van der Waals surface area (Å²) in [4.78, 5) is 12.2. The molecule has 0 unspecified atom stereocenters. The molecule has 0 saturated carbocycles. The molecule has 2 aromatic rings. The number of hydrogen-bond acceptors (Lipinski definition) is 3. The molecule has 5 heteroatoms. The van der Waals surface area contributed by atoms with Crippen molar-refractivity contribution in [1.82, 2.24) is 5.32 Å². The van der Waals surface area contributed by atoms with Crippen LogP contribution in [-0.4, -0.2) is 17.9 Å². The van der Waals surface area contributed by atoms with Gasteiger partial charge in [0.1, 0.15) is 5.76 Å². The Morgan fingerprint density at radius 2 is 1.86 bits per heavy atom. The molecule has 21 heavy (non-hydrogen) atoms. The van der Waals surface area contributed by atoms with E-state index in [-0.39, 0.29) is 17.9 Å². The molecule has 112 valence electrons. The van der Waals surface area contributed by atoms with Crippen LogP contribution in [0, 0.1) is 0 Å². The zero-order chi connectivity index (χ0) is 15.6. The number of Topliss-reactive ketones (excluding diaryl/α,β-unsaturated/α-hetero) is 1. The molecule has 0 atom stereocenters. The van der Waals surface area contributed by atoms with Gasteiger partial charge in [0.05, 0.1) is 28.4 Å². The van der Waals surface area contributed by atoms with Gasteiger partial charge in [-0.2, -0.15) is 0 Å². The molecular formula is C16H17Cl2NO2. The van der Waals surface area contributed by atoms with Crippen LogP contribution in [0.15, 0.2) is 34.9 Å². The van der Waals surface area contributed by atoms with Gasteiger partial charge in [-0.1, -0.05) is 23.2 Å².